The van der Waals surface area contributed by atoms with Crippen molar-refractivity contribution in [3.8, 4) is 0 Å². The number of benzene rings is 1. The van der Waals surface area contributed by atoms with Crippen LogP contribution < -0.4 is 0 Å². The zero-order chi connectivity index (χ0) is 9.97. The van der Waals surface area contributed by atoms with Crippen molar-refractivity contribution in [3.05, 3.63) is 35.9 Å². The molecule has 72 valence electrons. The fourth-order valence-corrected chi connectivity index (χ4v) is 1.52. The first kappa shape index (κ1) is 8.94. The molecule has 0 radical (unpaired) electrons. The third kappa shape index (κ3) is 1.66. The van der Waals surface area contributed by atoms with Crippen molar-refractivity contribution >= 4 is 11.8 Å². The molecule has 1 aromatic carbocycles. The number of cyclic esters (lactones) is 1. The Bertz CT molecular complexity index is 356. The molecular weight excluding hydrogens is 180 g/mol. The lowest BCUT2D eigenvalue weighted by atomic mass is 10.0. The van der Waals surface area contributed by atoms with Crippen LogP contribution in [0.1, 0.15) is 24.5 Å². The second-order valence-corrected chi connectivity index (χ2v) is 3.27. The van der Waals surface area contributed by atoms with Gasteiger partial charge in [-0.2, -0.15) is 0 Å². The summed E-state index contributed by atoms with van der Waals surface area (Å²) in [6, 6.07) is 9.47. The third-order valence-electron chi connectivity index (χ3n) is 2.28. The van der Waals surface area contributed by atoms with Gasteiger partial charge in [-0.3, -0.25) is 4.79 Å². The molecule has 1 aliphatic heterocycles. The summed E-state index contributed by atoms with van der Waals surface area (Å²) in [5.41, 5.74) is 0.952. The maximum Gasteiger partial charge on any atom is 0.375 e. The molecule has 0 saturated carbocycles. The van der Waals surface area contributed by atoms with Gasteiger partial charge in [0.2, 0.25) is 5.78 Å². The van der Waals surface area contributed by atoms with Crippen LogP contribution >= 0.6 is 0 Å². The predicted molar refractivity (Wildman–Crippen MR) is 49.5 cm³/mol. The first-order valence-electron chi connectivity index (χ1n) is 4.56. The molecule has 2 rings (SSSR count). The van der Waals surface area contributed by atoms with Crippen molar-refractivity contribution in [1.82, 2.24) is 0 Å². The van der Waals surface area contributed by atoms with Crippen molar-refractivity contribution in [2.75, 3.05) is 0 Å². The van der Waals surface area contributed by atoms with Crippen LogP contribution in [0.2, 0.25) is 0 Å². The lowest BCUT2D eigenvalue weighted by Gasteiger charge is -2.21. The average Bonchev–Trinajstić information content (AvgIpc) is 2.23. The van der Waals surface area contributed by atoms with Crippen LogP contribution in [0, 0.1) is 0 Å². The summed E-state index contributed by atoms with van der Waals surface area (Å²) in [4.78, 5) is 21.9. The molecule has 1 fully saturated rings. The van der Waals surface area contributed by atoms with E-state index in [1.807, 2.05) is 30.3 Å². The molecule has 0 spiro atoms. The minimum Gasteiger partial charge on any atom is -0.452 e. The second kappa shape index (κ2) is 3.62. The predicted octanol–water partition coefficient (Wildman–Crippen LogP) is 1.63. The molecule has 3 heteroatoms. The highest BCUT2D eigenvalue weighted by Gasteiger charge is 2.28. The monoisotopic (exact) mass is 190 g/mol. The van der Waals surface area contributed by atoms with Crippen LogP contribution in [0.3, 0.4) is 0 Å². The number of hydrogen-bond acceptors (Lipinski definition) is 3. The summed E-state index contributed by atoms with van der Waals surface area (Å²) >= 11 is 0. The lowest BCUT2D eigenvalue weighted by molar-refractivity contribution is -0.163. The van der Waals surface area contributed by atoms with Gasteiger partial charge in [-0.25, -0.2) is 4.79 Å². The van der Waals surface area contributed by atoms with Crippen LogP contribution in [-0.2, 0) is 14.3 Å². The SMILES string of the molecule is O=C1CCC(c2ccccc2)OC1=O. The Morgan fingerprint density at radius 3 is 2.50 bits per heavy atom. The second-order valence-electron chi connectivity index (χ2n) is 3.27. The summed E-state index contributed by atoms with van der Waals surface area (Å²) in [5, 5.41) is 0. The summed E-state index contributed by atoms with van der Waals surface area (Å²) < 4.78 is 5.00. The van der Waals surface area contributed by atoms with Gasteiger partial charge in [-0.15, -0.1) is 0 Å². The van der Waals surface area contributed by atoms with E-state index in [1.54, 1.807) is 0 Å². The first-order chi connectivity index (χ1) is 6.77. The van der Waals surface area contributed by atoms with E-state index in [-0.39, 0.29) is 6.10 Å². The number of ketones is 1. The number of esters is 1. The van der Waals surface area contributed by atoms with E-state index in [4.69, 9.17) is 4.74 Å². The Kier molecular flexibility index (Phi) is 2.31. The molecule has 0 bridgehead atoms. The van der Waals surface area contributed by atoms with Gasteiger partial charge >= 0.3 is 5.97 Å². The number of hydrogen-bond donors (Lipinski definition) is 0. The maximum atomic E-state index is 11.0. The number of ether oxygens (including phenoxy) is 1. The topological polar surface area (TPSA) is 43.4 Å². The normalized spacial score (nSPS) is 21.9. The van der Waals surface area contributed by atoms with Gasteiger partial charge in [0.15, 0.2) is 0 Å². The van der Waals surface area contributed by atoms with Crippen LogP contribution in [0.15, 0.2) is 30.3 Å². The van der Waals surface area contributed by atoms with Crippen molar-refractivity contribution in [3.63, 3.8) is 0 Å². The molecule has 3 nitrogen and oxygen atoms in total. The molecular formula is C11H10O3. The molecule has 1 aromatic rings. The smallest absolute Gasteiger partial charge is 0.375 e. The van der Waals surface area contributed by atoms with E-state index in [9.17, 15) is 9.59 Å². The van der Waals surface area contributed by atoms with Crippen molar-refractivity contribution in [1.29, 1.82) is 0 Å². The largest absolute Gasteiger partial charge is 0.452 e. The average molecular weight is 190 g/mol. The zero-order valence-electron chi connectivity index (χ0n) is 7.60. The molecule has 1 aliphatic rings. The highest BCUT2D eigenvalue weighted by Crippen LogP contribution is 2.26. The minimum absolute atomic E-state index is 0.249. The molecule has 0 amide bonds. The van der Waals surface area contributed by atoms with Gasteiger partial charge in [0.25, 0.3) is 0 Å². The summed E-state index contributed by atoms with van der Waals surface area (Å²) in [5.74, 6) is -1.12. The Morgan fingerprint density at radius 1 is 1.14 bits per heavy atom. The molecule has 1 unspecified atom stereocenters. The third-order valence-corrected chi connectivity index (χ3v) is 2.28. The van der Waals surface area contributed by atoms with Crippen LogP contribution in [-0.4, -0.2) is 11.8 Å². The summed E-state index contributed by atoms with van der Waals surface area (Å²) in [6.07, 6.45) is 0.633. The molecule has 1 heterocycles. The van der Waals surface area contributed by atoms with Gasteiger partial charge in [0, 0.05) is 6.42 Å². The molecule has 14 heavy (non-hydrogen) atoms. The number of carbonyl (C=O) groups is 2. The molecule has 1 saturated heterocycles. The molecule has 1 atom stereocenters. The van der Waals surface area contributed by atoms with E-state index >= 15 is 0 Å². The first-order valence-corrected chi connectivity index (χ1v) is 4.56. The number of rotatable bonds is 1. The van der Waals surface area contributed by atoms with Crippen molar-refractivity contribution in [2.45, 2.75) is 18.9 Å². The summed E-state index contributed by atoms with van der Waals surface area (Å²) in [6.45, 7) is 0. The van der Waals surface area contributed by atoms with Gasteiger partial charge in [-0.1, -0.05) is 30.3 Å². The van der Waals surface area contributed by atoms with Crippen LogP contribution in [0.5, 0.6) is 0 Å². The molecule has 0 aliphatic carbocycles. The zero-order valence-corrected chi connectivity index (χ0v) is 7.60. The molecule has 0 aromatic heterocycles. The fraction of sp³-hybridized carbons (Fsp3) is 0.273. The lowest BCUT2D eigenvalue weighted by Crippen LogP contribution is -2.26. The highest BCUT2D eigenvalue weighted by molar-refractivity contribution is 6.34. The van der Waals surface area contributed by atoms with Crippen LogP contribution in [0.4, 0.5) is 0 Å². The Labute approximate surface area is 81.7 Å². The Balaban J connectivity index is 2.14. The van der Waals surface area contributed by atoms with E-state index in [1.165, 1.54) is 0 Å². The summed E-state index contributed by atoms with van der Waals surface area (Å²) in [7, 11) is 0. The van der Waals surface area contributed by atoms with Gasteiger partial charge in [0.1, 0.15) is 6.10 Å². The van der Waals surface area contributed by atoms with Gasteiger partial charge in [-0.05, 0) is 12.0 Å². The van der Waals surface area contributed by atoms with E-state index < -0.39 is 11.8 Å². The van der Waals surface area contributed by atoms with E-state index in [2.05, 4.69) is 0 Å². The molecule has 0 N–H and O–H groups in total. The van der Waals surface area contributed by atoms with Crippen LogP contribution in [0.25, 0.3) is 0 Å². The standard InChI is InChI=1S/C11H10O3/c12-9-6-7-10(14-11(9)13)8-4-2-1-3-5-8/h1-5,10H,6-7H2. The van der Waals surface area contributed by atoms with Crippen molar-refractivity contribution < 1.29 is 14.3 Å². The highest BCUT2D eigenvalue weighted by atomic mass is 16.5. The Morgan fingerprint density at radius 2 is 1.86 bits per heavy atom. The van der Waals surface area contributed by atoms with E-state index in [0.717, 1.165) is 5.56 Å². The van der Waals surface area contributed by atoms with E-state index in [0.29, 0.717) is 12.8 Å². The number of Topliss-reactive ketones (excluding diaryl/α,β-unsaturated/α-hetero) is 1. The fourth-order valence-electron chi connectivity index (χ4n) is 1.52. The number of carbonyl (C=O) groups excluding carboxylic acids is 2. The Hall–Kier alpha value is -1.64. The van der Waals surface area contributed by atoms with Gasteiger partial charge in [0.05, 0.1) is 0 Å². The quantitative estimate of drug-likeness (QED) is 0.499. The maximum absolute atomic E-state index is 11.0. The van der Waals surface area contributed by atoms with Crippen molar-refractivity contribution in [2.24, 2.45) is 0 Å². The minimum atomic E-state index is -0.704. The van der Waals surface area contributed by atoms with Gasteiger partial charge < -0.3 is 4.74 Å².